The van der Waals surface area contributed by atoms with Gasteiger partial charge in [-0.3, -0.25) is 0 Å². The van der Waals surface area contributed by atoms with Gasteiger partial charge in [0.1, 0.15) is 11.6 Å². The van der Waals surface area contributed by atoms with E-state index in [4.69, 9.17) is 4.42 Å². The van der Waals surface area contributed by atoms with Crippen molar-refractivity contribution in [2.45, 2.75) is 4.90 Å². The molecule has 28 heavy (non-hydrogen) atoms. The predicted molar refractivity (Wildman–Crippen MR) is 113 cm³/mol. The average molecular weight is 388 g/mol. The molecule has 3 aromatic carbocycles. The third-order valence-electron chi connectivity index (χ3n) is 4.52. The lowest BCUT2D eigenvalue weighted by molar-refractivity contribution is 0.529. The van der Waals surface area contributed by atoms with E-state index in [0.29, 0.717) is 22.5 Å². The molecule has 0 radical (unpaired) electrons. The molecule has 0 atom stereocenters. The highest BCUT2D eigenvalue weighted by Crippen LogP contribution is 2.34. The third kappa shape index (κ3) is 3.64. The summed E-state index contributed by atoms with van der Waals surface area (Å²) in [5.74, 6) is 0.0856. The summed E-state index contributed by atoms with van der Waals surface area (Å²) in [6.45, 7) is 0. The fourth-order valence-electron chi connectivity index (χ4n) is 3.15. The van der Waals surface area contributed by atoms with Crippen LogP contribution in [0.1, 0.15) is 0 Å². The molecule has 138 valence electrons. The molecule has 2 nitrogen and oxygen atoms in total. The minimum Gasteiger partial charge on any atom is -0.422 e. The number of hydrogen-bond donors (Lipinski definition) is 0. The van der Waals surface area contributed by atoms with Gasteiger partial charge in [-0.25, -0.2) is 9.18 Å². The standard InChI is InChI=1S/C24H17FO2S/c1-28-20-12-10-16(11-13-20)21-15-22(17-6-3-2-4-7-17)27-24(26)23(21)18-8-5-9-19(25)14-18/h2-15H,1H3. The van der Waals surface area contributed by atoms with Crippen molar-refractivity contribution < 1.29 is 8.81 Å². The molecule has 0 saturated carbocycles. The van der Waals surface area contributed by atoms with Crippen molar-refractivity contribution in [1.82, 2.24) is 0 Å². The van der Waals surface area contributed by atoms with Crippen LogP contribution in [0, 0.1) is 5.82 Å². The van der Waals surface area contributed by atoms with Crippen LogP contribution in [0.2, 0.25) is 0 Å². The molecule has 0 fully saturated rings. The van der Waals surface area contributed by atoms with E-state index >= 15 is 0 Å². The van der Waals surface area contributed by atoms with Gasteiger partial charge in [0.05, 0.1) is 5.56 Å². The van der Waals surface area contributed by atoms with Gasteiger partial charge in [0.2, 0.25) is 0 Å². The Kier molecular flexibility index (Phi) is 5.13. The summed E-state index contributed by atoms with van der Waals surface area (Å²) in [4.78, 5) is 14.1. The molecule has 0 N–H and O–H groups in total. The highest BCUT2D eigenvalue weighted by molar-refractivity contribution is 7.98. The Morgan fingerprint density at radius 2 is 1.50 bits per heavy atom. The predicted octanol–water partition coefficient (Wildman–Crippen LogP) is 6.50. The zero-order valence-electron chi connectivity index (χ0n) is 15.2. The van der Waals surface area contributed by atoms with Crippen LogP contribution in [0.5, 0.6) is 0 Å². The second kappa shape index (κ2) is 7.87. The quantitative estimate of drug-likeness (QED) is 0.374. The van der Waals surface area contributed by atoms with Crippen molar-refractivity contribution >= 4 is 11.8 Å². The van der Waals surface area contributed by atoms with E-state index in [1.807, 2.05) is 66.9 Å². The number of hydrogen-bond acceptors (Lipinski definition) is 3. The fourth-order valence-corrected chi connectivity index (χ4v) is 3.56. The maximum absolute atomic E-state index is 13.8. The van der Waals surface area contributed by atoms with Crippen LogP contribution in [0.15, 0.2) is 99.0 Å². The lowest BCUT2D eigenvalue weighted by Crippen LogP contribution is -2.06. The van der Waals surface area contributed by atoms with Gasteiger partial charge < -0.3 is 4.42 Å². The summed E-state index contributed by atoms with van der Waals surface area (Å²) in [6.07, 6.45) is 2.01. The molecular weight excluding hydrogens is 371 g/mol. The SMILES string of the molecule is CSc1ccc(-c2cc(-c3ccccc3)oc(=O)c2-c2cccc(F)c2)cc1. The van der Waals surface area contributed by atoms with Gasteiger partial charge >= 0.3 is 5.63 Å². The molecule has 4 aromatic rings. The molecule has 0 saturated heterocycles. The van der Waals surface area contributed by atoms with Crippen molar-refractivity contribution in [3.63, 3.8) is 0 Å². The van der Waals surface area contributed by atoms with E-state index in [9.17, 15) is 9.18 Å². The fraction of sp³-hybridized carbons (Fsp3) is 0.0417. The van der Waals surface area contributed by atoms with Crippen molar-refractivity contribution in [2.75, 3.05) is 6.26 Å². The Bertz CT molecular complexity index is 1170. The van der Waals surface area contributed by atoms with E-state index in [1.165, 1.54) is 12.1 Å². The Hall–Kier alpha value is -3.11. The molecule has 4 heteroatoms. The Morgan fingerprint density at radius 3 is 2.18 bits per heavy atom. The Balaban J connectivity index is 1.98. The second-order valence-corrected chi connectivity index (χ2v) is 7.17. The summed E-state index contributed by atoms with van der Waals surface area (Å²) in [5.41, 5.74) is 2.77. The molecule has 4 rings (SSSR count). The van der Waals surface area contributed by atoms with Crippen LogP contribution in [0.25, 0.3) is 33.6 Å². The van der Waals surface area contributed by atoms with Crippen molar-refractivity contribution in [2.24, 2.45) is 0 Å². The molecular formula is C24H17FO2S. The van der Waals surface area contributed by atoms with Crippen molar-refractivity contribution in [1.29, 1.82) is 0 Å². The van der Waals surface area contributed by atoms with Crippen LogP contribution < -0.4 is 5.63 Å². The largest absolute Gasteiger partial charge is 0.422 e. The summed E-state index contributed by atoms with van der Waals surface area (Å²) >= 11 is 1.65. The van der Waals surface area contributed by atoms with Crippen LogP contribution in [-0.4, -0.2) is 6.26 Å². The van der Waals surface area contributed by atoms with Crippen LogP contribution >= 0.6 is 11.8 Å². The molecule has 0 spiro atoms. The highest BCUT2D eigenvalue weighted by Gasteiger charge is 2.17. The molecule has 1 heterocycles. The van der Waals surface area contributed by atoms with Gasteiger partial charge in [-0.1, -0.05) is 54.6 Å². The van der Waals surface area contributed by atoms with E-state index in [1.54, 1.807) is 23.9 Å². The van der Waals surface area contributed by atoms with E-state index in [-0.39, 0.29) is 0 Å². The highest BCUT2D eigenvalue weighted by atomic mass is 32.2. The van der Waals surface area contributed by atoms with Crippen LogP contribution in [-0.2, 0) is 0 Å². The Morgan fingerprint density at radius 1 is 0.786 bits per heavy atom. The second-order valence-electron chi connectivity index (χ2n) is 6.29. The lowest BCUT2D eigenvalue weighted by atomic mass is 9.95. The molecule has 1 aromatic heterocycles. The van der Waals surface area contributed by atoms with Crippen molar-refractivity contribution in [3.05, 3.63) is 101 Å². The third-order valence-corrected chi connectivity index (χ3v) is 5.27. The van der Waals surface area contributed by atoms with Crippen LogP contribution in [0.3, 0.4) is 0 Å². The first-order valence-electron chi connectivity index (χ1n) is 8.79. The number of rotatable bonds is 4. The Labute approximate surface area is 166 Å². The van der Waals surface area contributed by atoms with Gasteiger partial charge in [0, 0.05) is 16.0 Å². The number of halogens is 1. The van der Waals surface area contributed by atoms with E-state index < -0.39 is 11.4 Å². The summed E-state index contributed by atoms with van der Waals surface area (Å²) in [7, 11) is 0. The first kappa shape index (κ1) is 18.3. The van der Waals surface area contributed by atoms with Crippen molar-refractivity contribution in [3.8, 4) is 33.6 Å². The monoisotopic (exact) mass is 388 g/mol. The van der Waals surface area contributed by atoms with E-state index in [2.05, 4.69) is 0 Å². The molecule has 0 aliphatic carbocycles. The maximum atomic E-state index is 13.8. The zero-order chi connectivity index (χ0) is 19.5. The summed E-state index contributed by atoms with van der Waals surface area (Å²) < 4.78 is 19.4. The smallest absolute Gasteiger partial charge is 0.344 e. The number of thioether (sulfide) groups is 1. The van der Waals surface area contributed by atoms with Gasteiger partial charge in [-0.2, -0.15) is 0 Å². The number of benzene rings is 3. The van der Waals surface area contributed by atoms with Gasteiger partial charge in [0.25, 0.3) is 0 Å². The van der Waals surface area contributed by atoms with Gasteiger partial charge in [-0.05, 0) is 47.7 Å². The van der Waals surface area contributed by atoms with Crippen LogP contribution in [0.4, 0.5) is 4.39 Å². The summed E-state index contributed by atoms with van der Waals surface area (Å²) in [5, 5.41) is 0. The summed E-state index contributed by atoms with van der Waals surface area (Å²) in [6, 6.07) is 25.3. The first-order valence-corrected chi connectivity index (χ1v) is 10.0. The lowest BCUT2D eigenvalue weighted by Gasteiger charge is -2.12. The minimum absolute atomic E-state index is 0.357. The van der Waals surface area contributed by atoms with Gasteiger partial charge in [0.15, 0.2) is 0 Å². The minimum atomic E-state index is -0.490. The molecule has 0 unspecified atom stereocenters. The molecule has 0 amide bonds. The molecule has 0 aliphatic rings. The topological polar surface area (TPSA) is 30.2 Å². The normalized spacial score (nSPS) is 10.8. The molecule has 0 aliphatic heterocycles. The van der Waals surface area contributed by atoms with Gasteiger partial charge in [-0.15, -0.1) is 11.8 Å². The average Bonchev–Trinajstić information content (AvgIpc) is 2.74. The zero-order valence-corrected chi connectivity index (χ0v) is 16.0. The van der Waals surface area contributed by atoms with E-state index in [0.717, 1.165) is 16.0 Å². The maximum Gasteiger partial charge on any atom is 0.344 e. The molecule has 0 bridgehead atoms. The first-order chi connectivity index (χ1) is 13.7.